The van der Waals surface area contributed by atoms with Crippen molar-refractivity contribution in [2.24, 2.45) is 0 Å². The number of nitrogens with zero attached hydrogens (tertiary/aromatic N) is 2. The second kappa shape index (κ2) is 10.8. The number of rotatable bonds is 7. The highest BCUT2D eigenvalue weighted by Gasteiger charge is 2.25. The standard InChI is InChI=1S/C23H30N4O4/c1-26-12-14-27(15-13-26)21(17-4-8-19(30-2)9-5-17)16-24-22(28)23(29)25-18-6-10-20(31-3)11-7-18/h4-11,21H,12-16H2,1-3H3,(H,24,28)(H,25,29). The minimum Gasteiger partial charge on any atom is -0.497 e. The summed E-state index contributed by atoms with van der Waals surface area (Å²) in [5.74, 6) is 0.0984. The van der Waals surface area contributed by atoms with Crippen LogP contribution in [0.1, 0.15) is 11.6 Å². The van der Waals surface area contributed by atoms with E-state index in [0.717, 1.165) is 37.5 Å². The van der Waals surface area contributed by atoms with Crippen molar-refractivity contribution in [2.45, 2.75) is 6.04 Å². The van der Waals surface area contributed by atoms with Crippen LogP contribution in [0.5, 0.6) is 11.5 Å². The number of piperazine rings is 1. The van der Waals surface area contributed by atoms with E-state index in [1.54, 1.807) is 38.5 Å². The van der Waals surface area contributed by atoms with Gasteiger partial charge in [-0.3, -0.25) is 14.5 Å². The lowest BCUT2D eigenvalue weighted by Crippen LogP contribution is -2.49. The fourth-order valence-corrected chi connectivity index (χ4v) is 3.55. The molecule has 0 saturated carbocycles. The number of carbonyl (C=O) groups is 2. The van der Waals surface area contributed by atoms with E-state index in [9.17, 15) is 9.59 Å². The quantitative estimate of drug-likeness (QED) is 0.657. The van der Waals surface area contributed by atoms with Crippen molar-refractivity contribution in [1.82, 2.24) is 15.1 Å². The molecule has 0 spiro atoms. The number of anilines is 1. The molecule has 0 aliphatic carbocycles. The van der Waals surface area contributed by atoms with Gasteiger partial charge in [0.25, 0.3) is 0 Å². The van der Waals surface area contributed by atoms with Crippen LogP contribution in [0.3, 0.4) is 0 Å². The smallest absolute Gasteiger partial charge is 0.313 e. The molecule has 8 heteroatoms. The number of ether oxygens (including phenoxy) is 2. The van der Waals surface area contributed by atoms with Crippen molar-refractivity contribution in [3.63, 3.8) is 0 Å². The van der Waals surface area contributed by atoms with Gasteiger partial charge in [-0.2, -0.15) is 0 Å². The Balaban J connectivity index is 1.63. The number of hydrogen-bond donors (Lipinski definition) is 2. The van der Waals surface area contributed by atoms with Gasteiger partial charge in [-0.1, -0.05) is 12.1 Å². The summed E-state index contributed by atoms with van der Waals surface area (Å²) in [6, 6.07) is 14.6. The number of likely N-dealkylation sites (N-methyl/N-ethyl adjacent to an activating group) is 1. The summed E-state index contributed by atoms with van der Waals surface area (Å²) < 4.78 is 10.4. The molecule has 1 unspecified atom stereocenters. The SMILES string of the molecule is COc1ccc(NC(=O)C(=O)NCC(c2ccc(OC)cc2)N2CCN(C)CC2)cc1. The highest BCUT2D eigenvalue weighted by Crippen LogP contribution is 2.24. The first-order valence-electron chi connectivity index (χ1n) is 10.3. The fourth-order valence-electron chi connectivity index (χ4n) is 3.55. The maximum Gasteiger partial charge on any atom is 0.313 e. The number of nitrogens with one attached hydrogen (secondary N) is 2. The van der Waals surface area contributed by atoms with Gasteiger partial charge in [0.05, 0.1) is 20.3 Å². The second-order valence-corrected chi connectivity index (χ2v) is 7.52. The monoisotopic (exact) mass is 426 g/mol. The first-order valence-corrected chi connectivity index (χ1v) is 10.3. The Morgan fingerprint density at radius 1 is 0.871 bits per heavy atom. The van der Waals surface area contributed by atoms with Crippen molar-refractivity contribution in [3.05, 3.63) is 54.1 Å². The Morgan fingerprint density at radius 3 is 1.97 bits per heavy atom. The van der Waals surface area contributed by atoms with Gasteiger partial charge in [0.1, 0.15) is 11.5 Å². The maximum absolute atomic E-state index is 12.4. The molecule has 31 heavy (non-hydrogen) atoms. The zero-order valence-electron chi connectivity index (χ0n) is 18.3. The van der Waals surface area contributed by atoms with Crippen LogP contribution in [0.4, 0.5) is 5.69 Å². The minimum absolute atomic E-state index is 0.0302. The molecule has 8 nitrogen and oxygen atoms in total. The van der Waals surface area contributed by atoms with Gasteiger partial charge >= 0.3 is 11.8 Å². The molecule has 2 amide bonds. The van der Waals surface area contributed by atoms with E-state index in [1.165, 1.54) is 0 Å². The molecule has 1 saturated heterocycles. The molecule has 166 valence electrons. The van der Waals surface area contributed by atoms with E-state index in [1.807, 2.05) is 24.3 Å². The van der Waals surface area contributed by atoms with E-state index in [2.05, 4.69) is 27.5 Å². The Hall–Kier alpha value is -3.10. The van der Waals surface area contributed by atoms with E-state index < -0.39 is 11.8 Å². The zero-order chi connectivity index (χ0) is 22.2. The van der Waals surface area contributed by atoms with Crippen molar-refractivity contribution in [1.29, 1.82) is 0 Å². The number of methoxy groups -OCH3 is 2. The van der Waals surface area contributed by atoms with Crippen LogP contribution in [0, 0.1) is 0 Å². The molecule has 1 fully saturated rings. The topological polar surface area (TPSA) is 83.1 Å². The van der Waals surface area contributed by atoms with Crippen LogP contribution >= 0.6 is 0 Å². The van der Waals surface area contributed by atoms with Gasteiger partial charge in [0.15, 0.2) is 0 Å². The van der Waals surface area contributed by atoms with Crippen LogP contribution in [-0.4, -0.2) is 75.6 Å². The van der Waals surface area contributed by atoms with Gasteiger partial charge < -0.3 is 25.0 Å². The third kappa shape index (κ3) is 6.19. The summed E-state index contributed by atoms with van der Waals surface area (Å²) in [6.45, 7) is 4.03. The van der Waals surface area contributed by atoms with E-state index in [4.69, 9.17) is 9.47 Å². The zero-order valence-corrected chi connectivity index (χ0v) is 18.3. The predicted molar refractivity (Wildman–Crippen MR) is 119 cm³/mol. The molecule has 0 aromatic heterocycles. The minimum atomic E-state index is -0.697. The number of carbonyl (C=O) groups excluding carboxylic acids is 2. The largest absolute Gasteiger partial charge is 0.497 e. The lowest BCUT2D eigenvalue weighted by Gasteiger charge is -2.38. The number of hydrogen-bond acceptors (Lipinski definition) is 6. The fraction of sp³-hybridized carbons (Fsp3) is 0.391. The molecule has 0 radical (unpaired) electrons. The van der Waals surface area contributed by atoms with Crippen molar-refractivity contribution < 1.29 is 19.1 Å². The van der Waals surface area contributed by atoms with Gasteiger partial charge in [-0.15, -0.1) is 0 Å². The molecule has 2 N–H and O–H groups in total. The molecule has 1 aliphatic heterocycles. The summed E-state index contributed by atoms with van der Waals surface area (Å²) in [7, 11) is 5.31. The summed E-state index contributed by atoms with van der Waals surface area (Å²) in [4.78, 5) is 29.4. The Kier molecular flexibility index (Phi) is 7.86. The van der Waals surface area contributed by atoms with Crippen LogP contribution in [-0.2, 0) is 9.59 Å². The first-order chi connectivity index (χ1) is 15.0. The third-order valence-electron chi connectivity index (χ3n) is 5.49. The molecule has 2 aromatic carbocycles. The van der Waals surface area contributed by atoms with Crippen molar-refractivity contribution in [3.8, 4) is 11.5 Å². The molecule has 2 aromatic rings. The maximum atomic E-state index is 12.4. The lowest BCUT2D eigenvalue weighted by molar-refractivity contribution is -0.136. The Morgan fingerprint density at radius 2 is 1.42 bits per heavy atom. The van der Waals surface area contributed by atoms with Gasteiger partial charge in [-0.05, 0) is 49.0 Å². The van der Waals surface area contributed by atoms with Crippen molar-refractivity contribution >= 4 is 17.5 Å². The number of amides is 2. The summed E-state index contributed by atoms with van der Waals surface area (Å²) in [5, 5.41) is 5.41. The average Bonchev–Trinajstić information content (AvgIpc) is 2.81. The molecule has 1 heterocycles. The van der Waals surface area contributed by atoms with Gasteiger partial charge in [0.2, 0.25) is 0 Å². The average molecular weight is 427 g/mol. The van der Waals surface area contributed by atoms with Gasteiger partial charge in [-0.25, -0.2) is 0 Å². The predicted octanol–water partition coefficient (Wildman–Crippen LogP) is 1.75. The molecule has 1 aliphatic rings. The Labute approximate surface area is 183 Å². The van der Waals surface area contributed by atoms with Crippen LogP contribution in [0.15, 0.2) is 48.5 Å². The first kappa shape index (κ1) is 22.6. The van der Waals surface area contributed by atoms with E-state index in [0.29, 0.717) is 18.0 Å². The van der Waals surface area contributed by atoms with Crippen molar-refractivity contribution in [2.75, 3.05) is 59.3 Å². The molecular weight excluding hydrogens is 396 g/mol. The normalized spacial score (nSPS) is 15.7. The lowest BCUT2D eigenvalue weighted by atomic mass is 10.0. The highest BCUT2D eigenvalue weighted by atomic mass is 16.5. The summed E-state index contributed by atoms with van der Waals surface area (Å²) in [5.41, 5.74) is 1.60. The second-order valence-electron chi connectivity index (χ2n) is 7.52. The van der Waals surface area contributed by atoms with Gasteiger partial charge in [0, 0.05) is 38.4 Å². The summed E-state index contributed by atoms with van der Waals surface area (Å²) in [6.07, 6.45) is 0. The van der Waals surface area contributed by atoms with E-state index in [-0.39, 0.29) is 6.04 Å². The molecular formula is C23H30N4O4. The van der Waals surface area contributed by atoms with Crippen LogP contribution in [0.2, 0.25) is 0 Å². The number of benzene rings is 2. The van der Waals surface area contributed by atoms with E-state index >= 15 is 0 Å². The third-order valence-corrected chi connectivity index (χ3v) is 5.49. The molecule has 1 atom stereocenters. The molecule has 0 bridgehead atoms. The van der Waals surface area contributed by atoms with Crippen LogP contribution < -0.4 is 20.1 Å². The summed E-state index contributed by atoms with van der Waals surface area (Å²) >= 11 is 0. The molecule has 3 rings (SSSR count). The Bertz CT molecular complexity index is 862. The highest BCUT2D eigenvalue weighted by molar-refractivity contribution is 6.39. The van der Waals surface area contributed by atoms with Crippen LogP contribution in [0.25, 0.3) is 0 Å².